The summed E-state index contributed by atoms with van der Waals surface area (Å²) < 4.78 is 11.7. The van der Waals surface area contributed by atoms with Crippen LogP contribution in [0.3, 0.4) is 0 Å². The van der Waals surface area contributed by atoms with Crippen molar-refractivity contribution < 1.29 is 13.9 Å². The fourth-order valence-corrected chi connectivity index (χ4v) is 4.41. The maximum absolute atomic E-state index is 12.2. The van der Waals surface area contributed by atoms with E-state index in [2.05, 4.69) is 20.8 Å². The van der Waals surface area contributed by atoms with Crippen molar-refractivity contribution in [2.24, 2.45) is 17.3 Å². The van der Waals surface area contributed by atoms with E-state index in [1.165, 1.54) is 11.1 Å². The minimum absolute atomic E-state index is 0.00263. The molecule has 1 aromatic rings. The van der Waals surface area contributed by atoms with Crippen LogP contribution in [0.5, 0.6) is 0 Å². The van der Waals surface area contributed by atoms with Crippen molar-refractivity contribution in [2.75, 3.05) is 0 Å². The van der Waals surface area contributed by atoms with Gasteiger partial charge in [0.15, 0.2) is 0 Å². The molecule has 0 bridgehead atoms. The van der Waals surface area contributed by atoms with Crippen LogP contribution < -0.4 is 0 Å². The predicted octanol–water partition coefficient (Wildman–Crippen LogP) is 4.62. The summed E-state index contributed by atoms with van der Waals surface area (Å²) in [4.78, 5) is 12.2. The molecule has 4 atom stereocenters. The third-order valence-electron chi connectivity index (χ3n) is 6.47. The lowest BCUT2D eigenvalue weighted by molar-refractivity contribution is -0.157. The van der Waals surface area contributed by atoms with Gasteiger partial charge in [-0.25, -0.2) is 4.79 Å². The van der Waals surface area contributed by atoms with E-state index in [9.17, 15) is 4.79 Å². The second kappa shape index (κ2) is 5.85. The highest BCUT2D eigenvalue weighted by Crippen LogP contribution is 2.53. The highest BCUT2D eigenvalue weighted by Gasteiger charge is 2.51. The van der Waals surface area contributed by atoms with Crippen LogP contribution in [0.2, 0.25) is 0 Å². The molecule has 0 radical (unpaired) electrons. The summed E-state index contributed by atoms with van der Waals surface area (Å²) in [7, 11) is 0. The molecule has 0 saturated heterocycles. The Bertz CT molecular complexity index is 639. The molecule has 2 aliphatic rings. The van der Waals surface area contributed by atoms with Crippen molar-refractivity contribution in [3.05, 3.63) is 34.8 Å². The van der Waals surface area contributed by atoms with E-state index in [0.29, 0.717) is 17.4 Å². The van der Waals surface area contributed by atoms with Crippen molar-refractivity contribution in [3.8, 4) is 0 Å². The number of aryl methyl sites for hydroxylation is 1. The van der Waals surface area contributed by atoms with Gasteiger partial charge in [-0.2, -0.15) is 0 Å². The molecule has 0 N–H and O–H groups in total. The second-order valence-electron chi connectivity index (χ2n) is 7.71. The summed E-state index contributed by atoms with van der Waals surface area (Å²) in [6.07, 6.45) is 7.69. The first-order valence-corrected chi connectivity index (χ1v) is 8.76. The van der Waals surface area contributed by atoms with E-state index in [0.717, 1.165) is 31.4 Å². The van der Waals surface area contributed by atoms with Gasteiger partial charge in [0.1, 0.15) is 11.9 Å². The normalized spacial score (nSPS) is 33.8. The topological polar surface area (TPSA) is 39.4 Å². The van der Waals surface area contributed by atoms with Gasteiger partial charge < -0.3 is 9.15 Å². The minimum Gasteiger partial charge on any atom is -0.469 e. The molecule has 1 fully saturated rings. The molecule has 1 heterocycles. The lowest BCUT2D eigenvalue weighted by Gasteiger charge is -2.51. The zero-order chi connectivity index (χ0) is 16.8. The van der Waals surface area contributed by atoms with Crippen molar-refractivity contribution in [2.45, 2.75) is 66.4 Å². The molecule has 2 aliphatic carbocycles. The number of ether oxygens (including phenoxy) is 1. The van der Waals surface area contributed by atoms with E-state index in [1.807, 2.05) is 26.2 Å². The van der Waals surface area contributed by atoms with E-state index >= 15 is 0 Å². The number of esters is 1. The van der Waals surface area contributed by atoms with E-state index in [4.69, 9.17) is 9.15 Å². The Balaban J connectivity index is 1.89. The largest absolute Gasteiger partial charge is 0.469 e. The first kappa shape index (κ1) is 16.4. The first-order valence-electron chi connectivity index (χ1n) is 8.76. The van der Waals surface area contributed by atoms with Crippen LogP contribution in [0.4, 0.5) is 0 Å². The molecule has 23 heavy (non-hydrogen) atoms. The van der Waals surface area contributed by atoms with Crippen LogP contribution in [0.15, 0.2) is 22.3 Å². The van der Waals surface area contributed by atoms with Crippen molar-refractivity contribution in [1.29, 1.82) is 0 Å². The number of carbonyl (C=O) groups excluding carboxylic acids is 1. The van der Waals surface area contributed by atoms with Gasteiger partial charge in [0, 0.05) is 17.9 Å². The molecule has 3 rings (SSSR count). The van der Waals surface area contributed by atoms with Gasteiger partial charge in [-0.05, 0) is 62.5 Å². The lowest BCUT2D eigenvalue weighted by atomic mass is 9.54. The van der Waals surface area contributed by atoms with Gasteiger partial charge in [-0.3, -0.25) is 0 Å². The van der Waals surface area contributed by atoms with Crippen LogP contribution in [0.1, 0.15) is 57.4 Å². The smallest absolute Gasteiger partial charge is 0.333 e. The van der Waals surface area contributed by atoms with Crippen LogP contribution in [0, 0.1) is 24.2 Å². The van der Waals surface area contributed by atoms with Gasteiger partial charge in [0.25, 0.3) is 0 Å². The molecular weight excluding hydrogens is 288 g/mol. The third-order valence-corrected chi connectivity index (χ3v) is 6.47. The average molecular weight is 316 g/mol. The molecule has 3 nitrogen and oxygen atoms in total. The van der Waals surface area contributed by atoms with E-state index in [-0.39, 0.29) is 17.5 Å². The number of carbonyl (C=O) groups is 1. The van der Waals surface area contributed by atoms with E-state index in [1.54, 1.807) is 0 Å². The van der Waals surface area contributed by atoms with Crippen molar-refractivity contribution in [3.63, 3.8) is 0 Å². The zero-order valence-electron chi connectivity index (χ0n) is 14.9. The van der Waals surface area contributed by atoms with Crippen molar-refractivity contribution in [1.82, 2.24) is 0 Å². The summed E-state index contributed by atoms with van der Waals surface area (Å²) >= 11 is 0. The molecular formula is C20H28O3. The fourth-order valence-electron chi connectivity index (χ4n) is 4.41. The number of hydrogen-bond acceptors (Lipinski definition) is 3. The molecule has 1 aromatic heterocycles. The zero-order valence-corrected chi connectivity index (χ0v) is 14.9. The van der Waals surface area contributed by atoms with Gasteiger partial charge in [0.05, 0.1) is 6.26 Å². The number of allylic oxidation sites excluding steroid dienone is 1. The molecule has 0 aromatic carbocycles. The quantitative estimate of drug-likeness (QED) is 0.590. The van der Waals surface area contributed by atoms with Crippen LogP contribution >= 0.6 is 0 Å². The standard InChI is InChI=1S/C20H28O3/c1-6-12(2)19(21)23-17-8-7-14(4)20(5)10-15-13(3)11-22-18(15)9-16(17)20/h6,11,14,16-17H,7-10H2,1-5H3/b12-6-/t14-,16-,17+,20+/m0/s1. The van der Waals surface area contributed by atoms with E-state index < -0.39 is 0 Å². The Labute approximate surface area is 139 Å². The van der Waals surface area contributed by atoms with Gasteiger partial charge in [0.2, 0.25) is 0 Å². The number of fused-ring (bicyclic) bond motifs is 2. The SMILES string of the molecule is C/C=C(/C)C(=O)O[C@@H]1CC[C@H](C)[C@@]2(C)Cc3c(C)coc3C[C@@H]12. The summed E-state index contributed by atoms with van der Waals surface area (Å²) in [5, 5.41) is 0. The molecule has 0 spiro atoms. The maximum atomic E-state index is 12.2. The molecule has 126 valence electrons. The Morgan fingerprint density at radius 3 is 2.87 bits per heavy atom. The number of rotatable bonds is 2. The molecule has 0 aliphatic heterocycles. The predicted molar refractivity (Wildman–Crippen MR) is 90.2 cm³/mol. The Kier molecular flexibility index (Phi) is 4.16. The number of hydrogen-bond donors (Lipinski definition) is 0. The third kappa shape index (κ3) is 2.64. The van der Waals surface area contributed by atoms with Gasteiger partial charge in [-0.15, -0.1) is 0 Å². The molecule has 0 unspecified atom stereocenters. The molecule has 1 saturated carbocycles. The number of furan rings is 1. The Hall–Kier alpha value is -1.51. The monoisotopic (exact) mass is 316 g/mol. The first-order chi connectivity index (χ1) is 10.9. The summed E-state index contributed by atoms with van der Waals surface area (Å²) in [6.45, 7) is 10.6. The summed E-state index contributed by atoms with van der Waals surface area (Å²) in [5.74, 6) is 1.91. The fraction of sp³-hybridized carbons (Fsp3) is 0.650. The average Bonchev–Trinajstić information content (AvgIpc) is 2.88. The van der Waals surface area contributed by atoms with Crippen LogP contribution in [0.25, 0.3) is 0 Å². The van der Waals surface area contributed by atoms with Crippen molar-refractivity contribution >= 4 is 5.97 Å². The minimum atomic E-state index is -0.171. The van der Waals surface area contributed by atoms with Gasteiger partial charge in [-0.1, -0.05) is 19.9 Å². The Morgan fingerprint density at radius 1 is 1.43 bits per heavy atom. The van der Waals surface area contributed by atoms with Gasteiger partial charge >= 0.3 is 5.97 Å². The van der Waals surface area contributed by atoms with Crippen LogP contribution in [-0.4, -0.2) is 12.1 Å². The maximum Gasteiger partial charge on any atom is 0.333 e. The Morgan fingerprint density at radius 2 is 2.17 bits per heavy atom. The molecule has 3 heteroatoms. The summed E-state index contributed by atoms with van der Waals surface area (Å²) in [5.41, 5.74) is 3.51. The highest BCUT2D eigenvalue weighted by molar-refractivity contribution is 5.87. The molecule has 0 amide bonds. The van der Waals surface area contributed by atoms with Crippen LogP contribution in [-0.2, 0) is 22.4 Å². The highest BCUT2D eigenvalue weighted by atomic mass is 16.5. The second-order valence-corrected chi connectivity index (χ2v) is 7.71. The summed E-state index contributed by atoms with van der Waals surface area (Å²) in [6, 6.07) is 0. The lowest BCUT2D eigenvalue weighted by Crippen LogP contribution is -2.51.